The molecule has 1 heterocycles. The molecular weight excluding hydrogens is 399 g/mol. The number of hydrogen-bond acceptors (Lipinski definition) is 2. The Labute approximate surface area is 184 Å². The van der Waals surface area contributed by atoms with Crippen molar-refractivity contribution in [3.05, 3.63) is 114 Å². The van der Waals surface area contributed by atoms with Crippen LogP contribution >= 0.6 is 7.92 Å². The summed E-state index contributed by atoms with van der Waals surface area (Å²) < 4.78 is 6.24. The van der Waals surface area contributed by atoms with Gasteiger partial charge in [0.1, 0.15) is 18.1 Å². The number of fused-ring (bicyclic) bond motifs is 1. The van der Waals surface area contributed by atoms with Crippen LogP contribution in [0.1, 0.15) is 23.6 Å². The topological polar surface area (TPSA) is 29.5 Å². The van der Waals surface area contributed by atoms with Crippen LogP contribution in [0.4, 0.5) is 0 Å². The quantitative estimate of drug-likeness (QED) is 0.459. The third-order valence-electron chi connectivity index (χ3n) is 6.14. The summed E-state index contributed by atoms with van der Waals surface area (Å²) in [7, 11) is -0.779. The minimum absolute atomic E-state index is 0.331. The van der Waals surface area contributed by atoms with Crippen LogP contribution in [-0.2, 0) is 5.41 Å². The Morgan fingerprint density at radius 1 is 0.742 bits per heavy atom. The summed E-state index contributed by atoms with van der Waals surface area (Å²) >= 11 is 0. The maximum absolute atomic E-state index is 10.9. The molecule has 0 saturated carbocycles. The van der Waals surface area contributed by atoms with Crippen LogP contribution in [0.2, 0.25) is 0 Å². The Morgan fingerprint density at radius 2 is 1.35 bits per heavy atom. The Kier molecular flexibility index (Phi) is 5.04. The highest BCUT2D eigenvalue weighted by Gasteiger charge is 2.43. The van der Waals surface area contributed by atoms with E-state index in [2.05, 4.69) is 98.8 Å². The molecule has 0 amide bonds. The average Bonchev–Trinajstić information content (AvgIpc) is 3.13. The second-order valence-corrected chi connectivity index (χ2v) is 10.4. The van der Waals surface area contributed by atoms with Gasteiger partial charge in [-0.3, -0.25) is 0 Å². The molecule has 5 rings (SSSR count). The number of aromatic hydroxyl groups is 1. The minimum Gasteiger partial charge on any atom is -0.508 e. The molecule has 0 bridgehead atoms. The fourth-order valence-corrected chi connectivity index (χ4v) is 7.43. The first-order valence-electron chi connectivity index (χ1n) is 10.6. The first-order valence-corrected chi connectivity index (χ1v) is 11.9. The largest absolute Gasteiger partial charge is 0.508 e. The van der Waals surface area contributed by atoms with Gasteiger partial charge in [0.25, 0.3) is 0 Å². The first-order chi connectivity index (χ1) is 15.1. The van der Waals surface area contributed by atoms with Crippen molar-refractivity contribution in [1.82, 2.24) is 0 Å². The Balaban J connectivity index is 1.78. The number of phenols is 1. The van der Waals surface area contributed by atoms with E-state index in [0.717, 1.165) is 16.9 Å². The normalized spacial score (nSPS) is 17.4. The molecule has 0 spiro atoms. The van der Waals surface area contributed by atoms with E-state index in [4.69, 9.17) is 4.74 Å². The number of hydrogen-bond donors (Lipinski definition) is 1. The average molecular weight is 424 g/mol. The van der Waals surface area contributed by atoms with Crippen molar-refractivity contribution in [2.45, 2.75) is 19.3 Å². The SMILES string of the molecule is Cc1cccc(O)c1[C@@]1(C)COc2cccc(P(c3ccccc3)c3ccccc3)c21. The molecule has 0 radical (unpaired) electrons. The standard InChI is InChI=1S/C28H25O2P/c1-20-11-9-16-23(29)26(20)28(2)19-30-24-17-10-18-25(27(24)28)31(21-12-5-3-6-13-21)22-14-7-4-8-15-22/h3-18,29H,19H2,1-2H3/t28-/m1/s1. The zero-order valence-electron chi connectivity index (χ0n) is 17.7. The van der Waals surface area contributed by atoms with E-state index in [1.54, 1.807) is 6.07 Å². The van der Waals surface area contributed by atoms with E-state index < -0.39 is 13.3 Å². The maximum atomic E-state index is 10.9. The van der Waals surface area contributed by atoms with Gasteiger partial charge in [-0.1, -0.05) is 84.9 Å². The molecule has 0 aliphatic carbocycles. The van der Waals surface area contributed by atoms with Crippen molar-refractivity contribution >= 4 is 23.8 Å². The number of phenolic OH excluding ortho intramolecular Hbond substituents is 1. The molecule has 1 atom stereocenters. The summed E-state index contributed by atoms with van der Waals surface area (Å²) in [6, 6.07) is 33.6. The van der Waals surface area contributed by atoms with Crippen LogP contribution in [0.15, 0.2) is 97.1 Å². The molecule has 0 unspecified atom stereocenters. The zero-order chi connectivity index (χ0) is 21.4. The van der Waals surface area contributed by atoms with Gasteiger partial charge < -0.3 is 9.84 Å². The number of benzene rings is 4. The van der Waals surface area contributed by atoms with Gasteiger partial charge in [-0.15, -0.1) is 0 Å². The highest BCUT2D eigenvalue weighted by atomic mass is 31.1. The van der Waals surface area contributed by atoms with E-state index in [1.165, 1.54) is 21.5 Å². The Morgan fingerprint density at radius 3 is 1.97 bits per heavy atom. The maximum Gasteiger partial charge on any atom is 0.124 e. The summed E-state index contributed by atoms with van der Waals surface area (Å²) in [5.41, 5.74) is 2.80. The van der Waals surface area contributed by atoms with Crippen molar-refractivity contribution in [3.8, 4) is 11.5 Å². The molecule has 1 aliphatic heterocycles. The molecule has 154 valence electrons. The van der Waals surface area contributed by atoms with Crippen LogP contribution < -0.4 is 20.7 Å². The predicted molar refractivity (Wildman–Crippen MR) is 130 cm³/mol. The van der Waals surface area contributed by atoms with Gasteiger partial charge in [0.15, 0.2) is 0 Å². The summed E-state index contributed by atoms with van der Waals surface area (Å²) in [6.45, 7) is 4.79. The Hall–Kier alpha value is -3.09. The lowest BCUT2D eigenvalue weighted by Gasteiger charge is -2.30. The van der Waals surface area contributed by atoms with Crippen LogP contribution in [0.25, 0.3) is 0 Å². The highest BCUT2D eigenvalue weighted by Crippen LogP contribution is 2.49. The molecule has 0 aromatic heterocycles. The van der Waals surface area contributed by atoms with Crippen LogP contribution in [0.5, 0.6) is 11.5 Å². The van der Waals surface area contributed by atoms with Gasteiger partial charge in [0.05, 0.1) is 5.41 Å². The molecule has 0 fully saturated rings. The van der Waals surface area contributed by atoms with Gasteiger partial charge in [-0.25, -0.2) is 0 Å². The lowest BCUT2D eigenvalue weighted by Crippen LogP contribution is -2.33. The molecule has 2 nitrogen and oxygen atoms in total. The van der Waals surface area contributed by atoms with Gasteiger partial charge in [0, 0.05) is 11.1 Å². The number of rotatable bonds is 4. The lowest BCUT2D eigenvalue weighted by molar-refractivity contribution is 0.298. The minimum atomic E-state index is -0.779. The van der Waals surface area contributed by atoms with E-state index in [9.17, 15) is 5.11 Å². The molecule has 4 aromatic carbocycles. The molecule has 0 saturated heterocycles. The Bertz CT molecular complexity index is 1160. The van der Waals surface area contributed by atoms with Crippen molar-refractivity contribution < 1.29 is 9.84 Å². The van der Waals surface area contributed by atoms with Crippen molar-refractivity contribution in [2.24, 2.45) is 0 Å². The summed E-state index contributed by atoms with van der Waals surface area (Å²) in [5, 5.41) is 14.8. The lowest BCUT2D eigenvalue weighted by atomic mass is 9.75. The van der Waals surface area contributed by atoms with Crippen molar-refractivity contribution in [3.63, 3.8) is 0 Å². The first kappa shape index (κ1) is 19.8. The smallest absolute Gasteiger partial charge is 0.124 e. The van der Waals surface area contributed by atoms with Gasteiger partial charge in [-0.2, -0.15) is 0 Å². The molecule has 31 heavy (non-hydrogen) atoms. The molecule has 3 heteroatoms. The van der Waals surface area contributed by atoms with E-state index in [-0.39, 0.29) is 0 Å². The third-order valence-corrected chi connectivity index (χ3v) is 8.63. The summed E-state index contributed by atoms with van der Waals surface area (Å²) in [5.74, 6) is 1.25. The predicted octanol–water partition coefficient (Wildman–Crippen LogP) is 5.16. The number of ether oxygens (including phenoxy) is 1. The van der Waals surface area contributed by atoms with E-state index in [0.29, 0.717) is 12.4 Å². The van der Waals surface area contributed by atoms with Crippen molar-refractivity contribution in [1.29, 1.82) is 0 Å². The molecular formula is C28H25O2P. The second-order valence-electron chi connectivity index (χ2n) is 8.25. The summed E-state index contributed by atoms with van der Waals surface area (Å²) in [6.07, 6.45) is 0. The zero-order valence-corrected chi connectivity index (χ0v) is 18.6. The van der Waals surface area contributed by atoms with Crippen LogP contribution in [0.3, 0.4) is 0 Å². The fourth-order valence-electron chi connectivity index (χ4n) is 4.82. The molecule has 1 N–H and O–H groups in total. The molecule has 4 aromatic rings. The highest BCUT2D eigenvalue weighted by molar-refractivity contribution is 7.79. The second kappa shape index (κ2) is 7.87. The summed E-state index contributed by atoms with van der Waals surface area (Å²) in [4.78, 5) is 0. The van der Waals surface area contributed by atoms with Crippen molar-refractivity contribution in [2.75, 3.05) is 6.61 Å². The van der Waals surface area contributed by atoms with Gasteiger partial charge in [-0.05, 0) is 55.4 Å². The number of aryl methyl sites for hydroxylation is 1. The van der Waals surface area contributed by atoms with Gasteiger partial charge in [0.2, 0.25) is 0 Å². The van der Waals surface area contributed by atoms with Crippen LogP contribution in [0, 0.1) is 6.92 Å². The fraction of sp³-hybridized carbons (Fsp3) is 0.143. The monoisotopic (exact) mass is 424 g/mol. The van der Waals surface area contributed by atoms with Crippen LogP contribution in [-0.4, -0.2) is 11.7 Å². The van der Waals surface area contributed by atoms with Gasteiger partial charge >= 0.3 is 0 Å². The molecule has 1 aliphatic rings. The van der Waals surface area contributed by atoms with E-state index >= 15 is 0 Å². The van der Waals surface area contributed by atoms with E-state index in [1.807, 2.05) is 6.07 Å². The third kappa shape index (κ3) is 3.32.